The summed E-state index contributed by atoms with van der Waals surface area (Å²) in [5.74, 6) is 7.80. The molecule has 1 heterocycles. The Morgan fingerprint density at radius 1 is 1.18 bits per heavy atom. The molecule has 0 aromatic carbocycles. The second-order valence-electron chi connectivity index (χ2n) is 5.37. The molecule has 4 N–H and O–H groups in total. The van der Waals surface area contributed by atoms with Gasteiger partial charge in [-0.15, -0.1) is 0 Å². The van der Waals surface area contributed by atoms with Crippen molar-refractivity contribution in [1.29, 1.82) is 0 Å². The largest absolute Gasteiger partial charge is 0.369 e. The molecular weight excluding hydrogens is 214 g/mol. The Balaban J connectivity index is 2.97. The van der Waals surface area contributed by atoms with Gasteiger partial charge in [0.25, 0.3) is 0 Å². The van der Waals surface area contributed by atoms with Gasteiger partial charge >= 0.3 is 0 Å². The van der Waals surface area contributed by atoms with Crippen molar-refractivity contribution in [2.75, 3.05) is 17.3 Å². The van der Waals surface area contributed by atoms with Gasteiger partial charge in [0.1, 0.15) is 17.5 Å². The van der Waals surface area contributed by atoms with Gasteiger partial charge in [-0.1, -0.05) is 27.7 Å². The van der Waals surface area contributed by atoms with E-state index >= 15 is 0 Å². The molecule has 0 bridgehead atoms. The lowest BCUT2D eigenvalue weighted by atomic mass is 9.97. The molecule has 0 saturated carbocycles. The van der Waals surface area contributed by atoms with E-state index < -0.39 is 0 Å². The molecule has 0 amide bonds. The molecule has 0 saturated heterocycles. The van der Waals surface area contributed by atoms with Crippen LogP contribution in [0.5, 0.6) is 0 Å². The van der Waals surface area contributed by atoms with Gasteiger partial charge in [-0.2, -0.15) is 0 Å². The van der Waals surface area contributed by atoms with Crippen molar-refractivity contribution < 1.29 is 0 Å². The maximum absolute atomic E-state index is 5.46. The molecule has 5 nitrogen and oxygen atoms in total. The van der Waals surface area contributed by atoms with E-state index in [1.54, 1.807) is 0 Å². The molecule has 0 aliphatic carbocycles. The molecule has 0 atom stereocenters. The van der Waals surface area contributed by atoms with Crippen molar-refractivity contribution in [1.82, 2.24) is 9.97 Å². The zero-order chi connectivity index (χ0) is 13.1. The first kappa shape index (κ1) is 13.7. The minimum absolute atomic E-state index is 0.208. The van der Waals surface area contributed by atoms with Crippen LogP contribution < -0.4 is 16.6 Å². The number of aromatic nitrogens is 2. The number of hydrazine groups is 1. The summed E-state index contributed by atoms with van der Waals surface area (Å²) in [6, 6.07) is 0. The quantitative estimate of drug-likeness (QED) is 0.552. The minimum Gasteiger partial charge on any atom is -0.369 e. The van der Waals surface area contributed by atoms with Gasteiger partial charge in [-0.05, 0) is 12.3 Å². The van der Waals surface area contributed by atoms with Gasteiger partial charge in [0.15, 0.2) is 0 Å². The number of nitrogens with one attached hydrogen (secondary N) is 2. The molecule has 0 unspecified atom stereocenters. The third kappa shape index (κ3) is 3.85. The summed E-state index contributed by atoms with van der Waals surface area (Å²) in [4.78, 5) is 8.81. The maximum atomic E-state index is 5.46. The molecular formula is C12H23N5. The molecule has 0 aliphatic rings. The van der Waals surface area contributed by atoms with E-state index in [9.17, 15) is 0 Å². The highest BCUT2D eigenvalue weighted by Gasteiger charge is 2.13. The summed E-state index contributed by atoms with van der Waals surface area (Å²) >= 11 is 0. The topological polar surface area (TPSA) is 75.9 Å². The van der Waals surface area contributed by atoms with Crippen molar-refractivity contribution in [3.8, 4) is 0 Å². The summed E-state index contributed by atoms with van der Waals surface area (Å²) in [5, 5.41) is 3.36. The third-order valence-corrected chi connectivity index (χ3v) is 2.43. The van der Waals surface area contributed by atoms with Crippen LogP contribution in [-0.2, 0) is 6.42 Å². The average molecular weight is 237 g/mol. The van der Waals surface area contributed by atoms with E-state index in [1.807, 2.05) is 13.8 Å². The number of anilines is 2. The molecule has 1 aromatic rings. The van der Waals surface area contributed by atoms with Gasteiger partial charge < -0.3 is 10.7 Å². The monoisotopic (exact) mass is 237 g/mol. The molecule has 96 valence electrons. The van der Waals surface area contributed by atoms with Gasteiger partial charge in [0.2, 0.25) is 0 Å². The van der Waals surface area contributed by atoms with Crippen LogP contribution in [-0.4, -0.2) is 16.5 Å². The number of aryl methyl sites for hydroxylation is 1. The molecule has 17 heavy (non-hydrogen) atoms. The minimum atomic E-state index is 0.208. The van der Waals surface area contributed by atoms with E-state index in [0.29, 0.717) is 5.82 Å². The van der Waals surface area contributed by atoms with Crippen molar-refractivity contribution in [2.45, 2.75) is 41.0 Å². The highest BCUT2D eigenvalue weighted by Crippen LogP contribution is 2.21. The SMILES string of the molecule is CCc1nc(NN)c(C)c(NCC(C)(C)C)n1. The van der Waals surface area contributed by atoms with Gasteiger partial charge in [0, 0.05) is 18.5 Å². The second kappa shape index (κ2) is 5.31. The van der Waals surface area contributed by atoms with Crippen molar-refractivity contribution in [3.63, 3.8) is 0 Å². The van der Waals surface area contributed by atoms with E-state index in [-0.39, 0.29) is 5.41 Å². The van der Waals surface area contributed by atoms with Crippen LogP contribution in [0.15, 0.2) is 0 Å². The van der Waals surface area contributed by atoms with Crippen LogP contribution in [0, 0.1) is 12.3 Å². The third-order valence-electron chi connectivity index (χ3n) is 2.43. The summed E-state index contributed by atoms with van der Waals surface area (Å²) in [6.45, 7) is 11.4. The average Bonchev–Trinajstić information content (AvgIpc) is 2.26. The first-order chi connectivity index (χ1) is 7.87. The van der Waals surface area contributed by atoms with Crippen molar-refractivity contribution in [3.05, 3.63) is 11.4 Å². The number of hydrogen-bond acceptors (Lipinski definition) is 5. The Labute approximate surface area is 103 Å². The first-order valence-electron chi connectivity index (χ1n) is 5.95. The molecule has 0 spiro atoms. The van der Waals surface area contributed by atoms with E-state index in [2.05, 4.69) is 41.5 Å². The van der Waals surface area contributed by atoms with Gasteiger partial charge in [0.05, 0.1) is 0 Å². The Bertz CT molecular complexity index is 381. The second-order valence-corrected chi connectivity index (χ2v) is 5.37. The number of rotatable bonds is 4. The smallest absolute Gasteiger partial charge is 0.148 e. The molecule has 0 aliphatic heterocycles. The lowest BCUT2D eigenvalue weighted by molar-refractivity contribution is 0.442. The van der Waals surface area contributed by atoms with Crippen LogP contribution in [0.3, 0.4) is 0 Å². The van der Waals surface area contributed by atoms with E-state index in [0.717, 1.165) is 30.2 Å². The number of nitrogens with zero attached hydrogens (tertiary/aromatic N) is 2. The lowest BCUT2D eigenvalue weighted by Crippen LogP contribution is -2.21. The standard InChI is InChI=1S/C12H23N5/c1-6-9-15-10(14-7-12(3,4)5)8(2)11(16-9)17-13/h6-7,13H2,1-5H3,(H2,14,15,16,17). The predicted molar refractivity (Wildman–Crippen MR) is 71.9 cm³/mol. The Morgan fingerprint density at radius 2 is 1.76 bits per heavy atom. The zero-order valence-corrected chi connectivity index (χ0v) is 11.4. The fourth-order valence-electron chi connectivity index (χ4n) is 1.38. The summed E-state index contributed by atoms with van der Waals surface area (Å²) in [7, 11) is 0. The molecule has 1 rings (SSSR count). The van der Waals surface area contributed by atoms with Crippen LogP contribution in [0.2, 0.25) is 0 Å². The van der Waals surface area contributed by atoms with Crippen LogP contribution >= 0.6 is 0 Å². The van der Waals surface area contributed by atoms with Crippen LogP contribution in [0.25, 0.3) is 0 Å². The van der Waals surface area contributed by atoms with Gasteiger partial charge in [-0.25, -0.2) is 15.8 Å². The summed E-state index contributed by atoms with van der Waals surface area (Å²) in [5.41, 5.74) is 3.78. The predicted octanol–water partition coefficient (Wildman–Crippen LogP) is 2.09. The van der Waals surface area contributed by atoms with Crippen molar-refractivity contribution >= 4 is 11.6 Å². The zero-order valence-electron chi connectivity index (χ0n) is 11.4. The van der Waals surface area contributed by atoms with Gasteiger partial charge in [-0.3, -0.25) is 0 Å². The van der Waals surface area contributed by atoms with E-state index in [4.69, 9.17) is 5.84 Å². The molecule has 1 aromatic heterocycles. The van der Waals surface area contributed by atoms with E-state index in [1.165, 1.54) is 0 Å². The van der Waals surface area contributed by atoms with Crippen LogP contribution in [0.4, 0.5) is 11.6 Å². The Morgan fingerprint density at radius 3 is 2.24 bits per heavy atom. The summed E-state index contributed by atoms with van der Waals surface area (Å²) in [6.07, 6.45) is 0.791. The number of hydrogen-bond donors (Lipinski definition) is 3. The summed E-state index contributed by atoms with van der Waals surface area (Å²) < 4.78 is 0. The Hall–Kier alpha value is -1.36. The fourth-order valence-corrected chi connectivity index (χ4v) is 1.38. The molecule has 0 fully saturated rings. The highest BCUT2D eigenvalue weighted by molar-refractivity contribution is 5.56. The first-order valence-corrected chi connectivity index (χ1v) is 5.95. The van der Waals surface area contributed by atoms with Crippen LogP contribution in [0.1, 0.15) is 39.1 Å². The number of nitrogens with two attached hydrogens (primary N) is 1. The molecule has 0 radical (unpaired) electrons. The lowest BCUT2D eigenvalue weighted by Gasteiger charge is -2.21. The van der Waals surface area contributed by atoms with Crippen molar-refractivity contribution in [2.24, 2.45) is 11.3 Å². The highest BCUT2D eigenvalue weighted by atomic mass is 15.3. The maximum Gasteiger partial charge on any atom is 0.148 e. The number of nitrogen functional groups attached to an aromatic ring is 1. The molecule has 5 heteroatoms. The Kier molecular flexibility index (Phi) is 4.28. The normalized spacial score (nSPS) is 11.4. The fraction of sp³-hybridized carbons (Fsp3) is 0.667.